The number of esters is 1. The monoisotopic (exact) mass is 239 g/mol. The molecule has 0 fully saturated rings. The van der Waals surface area contributed by atoms with E-state index in [2.05, 4.69) is 0 Å². The summed E-state index contributed by atoms with van der Waals surface area (Å²) in [6, 6.07) is 4.89. The number of benzene rings is 1. The molecule has 2 N–H and O–H groups in total. The smallest absolute Gasteiger partial charge is 0.338 e. The van der Waals surface area contributed by atoms with Crippen LogP contribution < -0.4 is 15.2 Å². The van der Waals surface area contributed by atoms with Gasteiger partial charge in [-0.15, -0.1) is 0 Å². The number of carbonyl (C=O) groups excluding carboxylic acids is 1. The van der Waals surface area contributed by atoms with Crippen molar-refractivity contribution in [2.45, 2.75) is 6.92 Å². The van der Waals surface area contributed by atoms with Crippen LogP contribution in [0, 0.1) is 0 Å². The molecule has 0 heterocycles. The highest BCUT2D eigenvalue weighted by molar-refractivity contribution is 5.90. The topological polar surface area (TPSA) is 70.8 Å². The van der Waals surface area contributed by atoms with Crippen LogP contribution in [0.15, 0.2) is 18.2 Å². The van der Waals surface area contributed by atoms with E-state index < -0.39 is 0 Å². The summed E-state index contributed by atoms with van der Waals surface area (Å²) < 4.78 is 15.4. The summed E-state index contributed by atoms with van der Waals surface area (Å²) in [6.45, 7) is 2.85. The van der Waals surface area contributed by atoms with Crippen molar-refractivity contribution in [2.75, 3.05) is 26.9 Å². The summed E-state index contributed by atoms with van der Waals surface area (Å²) in [5.74, 6) is 0.669. The van der Waals surface area contributed by atoms with Crippen LogP contribution >= 0.6 is 0 Å². The first kappa shape index (κ1) is 13.3. The van der Waals surface area contributed by atoms with Gasteiger partial charge in [0, 0.05) is 6.54 Å². The highest BCUT2D eigenvalue weighted by Gasteiger charge is 2.11. The fourth-order valence-electron chi connectivity index (χ4n) is 1.30. The number of ether oxygens (including phenoxy) is 3. The third-order valence-corrected chi connectivity index (χ3v) is 2.05. The van der Waals surface area contributed by atoms with E-state index in [0.717, 1.165) is 0 Å². The molecule has 0 radical (unpaired) electrons. The van der Waals surface area contributed by atoms with E-state index in [-0.39, 0.29) is 5.97 Å². The quantitative estimate of drug-likeness (QED) is 0.755. The maximum atomic E-state index is 11.5. The third kappa shape index (κ3) is 3.64. The minimum absolute atomic E-state index is 0.337. The summed E-state index contributed by atoms with van der Waals surface area (Å²) in [4.78, 5) is 11.5. The Labute approximate surface area is 100 Å². The van der Waals surface area contributed by atoms with Crippen molar-refractivity contribution in [1.29, 1.82) is 0 Å². The summed E-state index contributed by atoms with van der Waals surface area (Å²) in [7, 11) is 1.54. The fourth-order valence-corrected chi connectivity index (χ4v) is 1.30. The van der Waals surface area contributed by atoms with E-state index in [9.17, 15) is 4.79 Å². The first-order chi connectivity index (χ1) is 8.22. The van der Waals surface area contributed by atoms with Crippen LogP contribution in [0.4, 0.5) is 0 Å². The molecule has 5 heteroatoms. The van der Waals surface area contributed by atoms with Gasteiger partial charge in [0.1, 0.15) is 6.61 Å². The zero-order valence-corrected chi connectivity index (χ0v) is 10.1. The molecule has 0 aliphatic carbocycles. The van der Waals surface area contributed by atoms with Gasteiger partial charge in [-0.1, -0.05) is 0 Å². The van der Waals surface area contributed by atoms with Crippen LogP contribution in [0.1, 0.15) is 17.3 Å². The predicted molar refractivity (Wildman–Crippen MR) is 63.5 cm³/mol. The molecule has 1 aromatic rings. The molecule has 1 rings (SSSR count). The van der Waals surface area contributed by atoms with Crippen molar-refractivity contribution in [1.82, 2.24) is 0 Å². The molecule has 0 spiro atoms. The van der Waals surface area contributed by atoms with Gasteiger partial charge in [0.2, 0.25) is 0 Å². The van der Waals surface area contributed by atoms with Crippen LogP contribution in [-0.4, -0.2) is 32.8 Å². The SMILES string of the molecule is CCOC(=O)c1ccc(OC)c(OCCN)c1. The zero-order valence-electron chi connectivity index (χ0n) is 10.1. The molecule has 0 saturated carbocycles. The molecule has 0 aromatic heterocycles. The highest BCUT2D eigenvalue weighted by atomic mass is 16.5. The Hall–Kier alpha value is -1.75. The van der Waals surface area contributed by atoms with Gasteiger partial charge in [-0.2, -0.15) is 0 Å². The van der Waals surface area contributed by atoms with E-state index >= 15 is 0 Å². The number of nitrogens with two attached hydrogens (primary N) is 1. The lowest BCUT2D eigenvalue weighted by Crippen LogP contribution is -2.12. The Kier molecular flexibility index (Phi) is 5.29. The van der Waals surface area contributed by atoms with Crippen molar-refractivity contribution in [3.05, 3.63) is 23.8 Å². The van der Waals surface area contributed by atoms with Crippen LogP contribution in [-0.2, 0) is 4.74 Å². The Bertz CT molecular complexity index is 379. The normalized spacial score (nSPS) is 9.82. The maximum Gasteiger partial charge on any atom is 0.338 e. The number of hydrogen-bond acceptors (Lipinski definition) is 5. The molecule has 0 unspecified atom stereocenters. The van der Waals surface area contributed by atoms with E-state index in [1.54, 1.807) is 25.1 Å². The molecular formula is C12H17NO4. The highest BCUT2D eigenvalue weighted by Crippen LogP contribution is 2.28. The maximum absolute atomic E-state index is 11.5. The largest absolute Gasteiger partial charge is 0.493 e. The minimum atomic E-state index is -0.382. The van der Waals surface area contributed by atoms with Crippen molar-refractivity contribution < 1.29 is 19.0 Å². The zero-order chi connectivity index (χ0) is 12.7. The van der Waals surface area contributed by atoms with Crippen molar-refractivity contribution in [3.63, 3.8) is 0 Å². The van der Waals surface area contributed by atoms with Gasteiger partial charge in [-0.05, 0) is 25.1 Å². The molecule has 0 atom stereocenters. The van der Waals surface area contributed by atoms with Gasteiger partial charge in [0.05, 0.1) is 19.3 Å². The van der Waals surface area contributed by atoms with Gasteiger partial charge in [-0.25, -0.2) is 4.79 Å². The van der Waals surface area contributed by atoms with Crippen molar-refractivity contribution in [3.8, 4) is 11.5 Å². The number of hydrogen-bond donors (Lipinski definition) is 1. The molecule has 1 aromatic carbocycles. The van der Waals surface area contributed by atoms with Crippen molar-refractivity contribution >= 4 is 5.97 Å². The second kappa shape index (κ2) is 6.75. The average Bonchev–Trinajstić information content (AvgIpc) is 2.36. The molecule has 0 aliphatic heterocycles. The van der Waals surface area contributed by atoms with Gasteiger partial charge in [-0.3, -0.25) is 0 Å². The standard InChI is InChI=1S/C12H17NO4/c1-3-16-12(14)9-4-5-10(15-2)11(8-9)17-7-6-13/h4-5,8H,3,6-7,13H2,1-2H3. The molecule has 94 valence electrons. The van der Waals surface area contributed by atoms with Gasteiger partial charge >= 0.3 is 5.97 Å². The first-order valence-electron chi connectivity index (χ1n) is 5.41. The van der Waals surface area contributed by atoms with Crippen LogP contribution in [0.3, 0.4) is 0 Å². The number of methoxy groups -OCH3 is 1. The number of carbonyl (C=O) groups is 1. The second-order valence-electron chi connectivity index (χ2n) is 3.22. The van der Waals surface area contributed by atoms with Crippen LogP contribution in [0.25, 0.3) is 0 Å². The Morgan fingerprint density at radius 1 is 1.35 bits per heavy atom. The van der Waals surface area contributed by atoms with Gasteiger partial charge in [0.15, 0.2) is 11.5 Å². The first-order valence-corrected chi connectivity index (χ1v) is 5.41. The third-order valence-electron chi connectivity index (χ3n) is 2.05. The van der Waals surface area contributed by atoms with Crippen molar-refractivity contribution in [2.24, 2.45) is 5.73 Å². The predicted octanol–water partition coefficient (Wildman–Crippen LogP) is 1.21. The van der Waals surface area contributed by atoms with Crippen LogP contribution in [0.5, 0.6) is 11.5 Å². The lowest BCUT2D eigenvalue weighted by molar-refractivity contribution is 0.0526. The van der Waals surface area contributed by atoms with Crippen LogP contribution in [0.2, 0.25) is 0 Å². The van der Waals surface area contributed by atoms with E-state index in [4.69, 9.17) is 19.9 Å². The lowest BCUT2D eigenvalue weighted by Gasteiger charge is -2.11. The Balaban J connectivity index is 2.91. The van der Waals surface area contributed by atoms with Gasteiger partial charge < -0.3 is 19.9 Å². The van der Waals surface area contributed by atoms with E-state index in [0.29, 0.717) is 36.8 Å². The molecule has 0 amide bonds. The molecule has 0 aliphatic rings. The van der Waals surface area contributed by atoms with Gasteiger partial charge in [0.25, 0.3) is 0 Å². The molecule has 5 nitrogen and oxygen atoms in total. The summed E-state index contributed by atoms with van der Waals surface area (Å²) in [5.41, 5.74) is 5.79. The Morgan fingerprint density at radius 2 is 2.12 bits per heavy atom. The summed E-state index contributed by atoms with van der Waals surface area (Å²) >= 11 is 0. The molecule has 0 saturated heterocycles. The Morgan fingerprint density at radius 3 is 2.71 bits per heavy atom. The van der Waals surface area contributed by atoms with E-state index in [1.165, 1.54) is 7.11 Å². The van der Waals surface area contributed by atoms with E-state index in [1.807, 2.05) is 0 Å². The summed E-state index contributed by atoms with van der Waals surface area (Å²) in [6.07, 6.45) is 0. The summed E-state index contributed by atoms with van der Waals surface area (Å²) in [5, 5.41) is 0. The molecule has 17 heavy (non-hydrogen) atoms. The average molecular weight is 239 g/mol. The second-order valence-corrected chi connectivity index (χ2v) is 3.22. The number of rotatable bonds is 6. The minimum Gasteiger partial charge on any atom is -0.493 e. The molecular weight excluding hydrogens is 222 g/mol. The lowest BCUT2D eigenvalue weighted by atomic mass is 10.2. The molecule has 0 bridgehead atoms. The fraction of sp³-hybridized carbons (Fsp3) is 0.417.